The van der Waals surface area contributed by atoms with Crippen molar-refractivity contribution in [2.45, 2.75) is 45.8 Å². The summed E-state index contributed by atoms with van der Waals surface area (Å²) in [5.41, 5.74) is 4.82. The molecule has 1 aromatic rings. The Morgan fingerprint density at radius 1 is 1.52 bits per heavy atom. The van der Waals surface area contributed by atoms with Crippen LogP contribution in [0.4, 0.5) is 5.82 Å². The van der Waals surface area contributed by atoms with Gasteiger partial charge in [0, 0.05) is 31.6 Å². The Morgan fingerprint density at radius 3 is 2.64 bits per heavy atom. The molecule has 0 spiro atoms. The molecule has 9 heteroatoms. The fourth-order valence-electron chi connectivity index (χ4n) is 3.03. The number of anilines is 1. The number of hydrogen-bond acceptors (Lipinski definition) is 6. The van der Waals surface area contributed by atoms with Crippen LogP contribution >= 0.6 is 12.4 Å². The smallest absolute Gasteiger partial charge is 0.245 e. The molecule has 1 aliphatic carbocycles. The first-order valence-electron chi connectivity index (χ1n) is 8.01. The molecular weight excluding hydrogens is 348 g/mol. The zero-order chi connectivity index (χ0) is 18.1. The predicted octanol–water partition coefficient (Wildman–Crippen LogP) is 1.33. The van der Waals surface area contributed by atoms with E-state index >= 15 is 0 Å². The lowest BCUT2D eigenvalue weighted by Gasteiger charge is -2.58. The summed E-state index contributed by atoms with van der Waals surface area (Å²) in [5, 5.41) is 6.27. The first-order valence-corrected chi connectivity index (χ1v) is 8.01. The summed E-state index contributed by atoms with van der Waals surface area (Å²) >= 11 is 0. The van der Waals surface area contributed by atoms with Crippen LogP contribution in [-0.2, 0) is 14.3 Å². The van der Waals surface area contributed by atoms with Gasteiger partial charge < -0.3 is 25.2 Å². The first kappa shape index (κ1) is 21.4. The molecule has 142 valence electrons. The van der Waals surface area contributed by atoms with Gasteiger partial charge in [-0.1, -0.05) is 19.0 Å². The van der Waals surface area contributed by atoms with Gasteiger partial charge >= 0.3 is 0 Å². The number of likely N-dealkylation sites (N-methyl/N-ethyl adjacent to an activating group) is 1. The summed E-state index contributed by atoms with van der Waals surface area (Å²) in [7, 11) is 1.56. The average molecular weight is 375 g/mol. The molecule has 1 aromatic heterocycles. The molecule has 1 aliphatic rings. The minimum Gasteiger partial charge on any atom is -0.378 e. The molecule has 0 bridgehead atoms. The van der Waals surface area contributed by atoms with E-state index in [1.54, 1.807) is 20.0 Å². The van der Waals surface area contributed by atoms with E-state index in [9.17, 15) is 9.59 Å². The van der Waals surface area contributed by atoms with Crippen molar-refractivity contribution in [1.82, 2.24) is 10.1 Å². The Hall–Kier alpha value is -1.64. The van der Waals surface area contributed by atoms with Crippen molar-refractivity contribution in [3.8, 4) is 0 Å². The summed E-state index contributed by atoms with van der Waals surface area (Å²) in [5.74, 6) is 0.284. The van der Waals surface area contributed by atoms with Gasteiger partial charge in [0.05, 0.1) is 12.6 Å². The molecule has 8 nitrogen and oxygen atoms in total. The van der Waals surface area contributed by atoms with Gasteiger partial charge in [0.25, 0.3) is 0 Å². The van der Waals surface area contributed by atoms with E-state index in [4.69, 9.17) is 15.0 Å². The molecule has 0 saturated heterocycles. The molecule has 2 atom stereocenters. The van der Waals surface area contributed by atoms with Crippen LogP contribution in [-0.4, -0.2) is 53.7 Å². The lowest BCUT2D eigenvalue weighted by atomic mass is 9.54. The third kappa shape index (κ3) is 3.96. The number of aryl methyl sites for hydroxylation is 1. The molecule has 0 aromatic carbocycles. The molecule has 25 heavy (non-hydrogen) atoms. The van der Waals surface area contributed by atoms with Crippen LogP contribution in [0.1, 0.15) is 33.0 Å². The minimum atomic E-state index is -1.04. The van der Waals surface area contributed by atoms with Crippen molar-refractivity contribution < 1.29 is 18.8 Å². The first-order chi connectivity index (χ1) is 11.1. The molecule has 0 radical (unpaired) electrons. The van der Waals surface area contributed by atoms with Gasteiger partial charge in [-0.05, 0) is 13.8 Å². The van der Waals surface area contributed by atoms with Crippen molar-refractivity contribution in [3.05, 3.63) is 11.8 Å². The number of nitrogens with zero attached hydrogens (tertiary/aromatic N) is 2. The SMILES string of the molecule is CCOC1CC(N)(C(=O)N(C)CC(=O)Nc2cc(C)on2)C1(C)C.Cl. The van der Waals surface area contributed by atoms with Crippen molar-refractivity contribution in [2.24, 2.45) is 11.1 Å². The maximum absolute atomic E-state index is 12.7. The van der Waals surface area contributed by atoms with Crippen LogP contribution in [0.5, 0.6) is 0 Å². The van der Waals surface area contributed by atoms with Crippen molar-refractivity contribution in [1.29, 1.82) is 0 Å². The highest BCUT2D eigenvalue weighted by atomic mass is 35.5. The summed E-state index contributed by atoms with van der Waals surface area (Å²) < 4.78 is 10.5. The van der Waals surface area contributed by atoms with E-state index in [0.717, 1.165) is 0 Å². The monoisotopic (exact) mass is 374 g/mol. The van der Waals surface area contributed by atoms with Gasteiger partial charge in [0.1, 0.15) is 11.3 Å². The number of nitrogens with one attached hydrogen (secondary N) is 1. The quantitative estimate of drug-likeness (QED) is 0.777. The van der Waals surface area contributed by atoms with Gasteiger partial charge in [-0.2, -0.15) is 0 Å². The Kier molecular flexibility index (Phi) is 6.61. The standard InChI is InChI=1S/C16H26N4O4.ClH/c1-6-23-11-8-16(17,15(11,3)4)14(22)20(5)9-13(21)18-12-7-10(2)24-19-12;/h7,11H,6,8-9,17H2,1-5H3,(H,18,19,21);1H. The van der Waals surface area contributed by atoms with Crippen molar-refractivity contribution in [3.63, 3.8) is 0 Å². The molecule has 1 saturated carbocycles. The Bertz CT molecular complexity index is 633. The van der Waals surface area contributed by atoms with Crippen LogP contribution < -0.4 is 11.1 Å². The fraction of sp³-hybridized carbons (Fsp3) is 0.688. The van der Waals surface area contributed by atoms with E-state index in [1.165, 1.54) is 4.90 Å². The number of nitrogens with two attached hydrogens (primary N) is 1. The largest absolute Gasteiger partial charge is 0.378 e. The predicted molar refractivity (Wildman–Crippen MR) is 95.5 cm³/mol. The summed E-state index contributed by atoms with van der Waals surface area (Å²) in [6.07, 6.45) is 0.387. The number of ether oxygens (including phenoxy) is 1. The zero-order valence-electron chi connectivity index (χ0n) is 15.3. The summed E-state index contributed by atoms with van der Waals surface area (Å²) in [4.78, 5) is 26.1. The molecule has 2 amide bonds. The van der Waals surface area contributed by atoms with Gasteiger partial charge in [-0.25, -0.2) is 0 Å². The Labute approximate surface area is 153 Å². The van der Waals surface area contributed by atoms with E-state index < -0.39 is 11.0 Å². The summed E-state index contributed by atoms with van der Waals surface area (Å²) in [6.45, 7) is 7.94. The van der Waals surface area contributed by atoms with Crippen molar-refractivity contribution >= 4 is 30.0 Å². The second-order valence-electron chi connectivity index (χ2n) is 6.87. The van der Waals surface area contributed by atoms with Gasteiger partial charge in [-0.15, -0.1) is 12.4 Å². The van der Waals surface area contributed by atoms with Crippen LogP contribution in [0.25, 0.3) is 0 Å². The number of carbonyl (C=O) groups excluding carboxylic acids is 2. The Morgan fingerprint density at radius 2 is 2.16 bits per heavy atom. The third-order valence-corrected chi connectivity index (χ3v) is 4.83. The summed E-state index contributed by atoms with van der Waals surface area (Å²) in [6, 6.07) is 1.60. The molecule has 1 heterocycles. The maximum atomic E-state index is 12.7. The lowest BCUT2D eigenvalue weighted by Crippen LogP contribution is -2.76. The van der Waals surface area contributed by atoms with Crippen LogP contribution in [0.2, 0.25) is 0 Å². The molecule has 2 rings (SSSR count). The molecular formula is C16H27ClN4O4. The molecule has 2 unspecified atom stereocenters. The number of aromatic nitrogens is 1. The van der Waals surface area contributed by atoms with Crippen LogP contribution in [0.15, 0.2) is 10.6 Å². The highest BCUT2D eigenvalue weighted by molar-refractivity contribution is 5.96. The second-order valence-corrected chi connectivity index (χ2v) is 6.87. The Balaban J connectivity index is 0.00000312. The zero-order valence-corrected chi connectivity index (χ0v) is 16.1. The highest BCUT2D eigenvalue weighted by Gasteiger charge is 2.63. The van der Waals surface area contributed by atoms with Gasteiger partial charge in [0.15, 0.2) is 5.82 Å². The maximum Gasteiger partial charge on any atom is 0.245 e. The van der Waals surface area contributed by atoms with E-state index in [-0.39, 0.29) is 36.9 Å². The van der Waals surface area contributed by atoms with E-state index in [2.05, 4.69) is 10.5 Å². The second kappa shape index (κ2) is 7.72. The lowest BCUT2D eigenvalue weighted by molar-refractivity contribution is -0.178. The molecule has 1 fully saturated rings. The van der Waals surface area contributed by atoms with Gasteiger partial charge in [0.2, 0.25) is 11.8 Å². The number of carbonyl (C=O) groups is 2. The van der Waals surface area contributed by atoms with Crippen LogP contribution in [0, 0.1) is 12.3 Å². The average Bonchev–Trinajstić information content (AvgIpc) is 2.90. The van der Waals surface area contributed by atoms with Gasteiger partial charge in [-0.3, -0.25) is 9.59 Å². The highest BCUT2D eigenvalue weighted by Crippen LogP contribution is 2.50. The number of halogens is 1. The topological polar surface area (TPSA) is 111 Å². The third-order valence-electron chi connectivity index (χ3n) is 4.83. The normalized spacial score (nSPS) is 24.0. The number of hydrogen-bond donors (Lipinski definition) is 2. The minimum absolute atomic E-state index is 0. The fourth-order valence-corrected chi connectivity index (χ4v) is 3.03. The molecule has 0 aliphatic heterocycles. The van der Waals surface area contributed by atoms with E-state index in [0.29, 0.717) is 24.6 Å². The number of amides is 2. The van der Waals surface area contributed by atoms with E-state index in [1.807, 2.05) is 20.8 Å². The van der Waals surface area contributed by atoms with Crippen molar-refractivity contribution in [2.75, 3.05) is 25.5 Å². The number of rotatable bonds is 6. The van der Waals surface area contributed by atoms with Crippen LogP contribution in [0.3, 0.4) is 0 Å². The molecule has 3 N–H and O–H groups in total.